The maximum Gasteiger partial charge on any atom is 0.151 e. The van der Waals surface area contributed by atoms with Gasteiger partial charge in [0.15, 0.2) is 15.7 Å². The third kappa shape index (κ3) is 2.79. The molecule has 0 bridgehead atoms. The maximum absolute atomic E-state index is 13.9. The summed E-state index contributed by atoms with van der Waals surface area (Å²) in [5.74, 6) is 0.637. The largest absolute Gasteiger partial charge is 0.326 e. The molecule has 0 saturated carbocycles. The molecule has 0 amide bonds. The Morgan fingerprint density at radius 3 is 2.90 bits per heavy atom. The highest BCUT2D eigenvalue weighted by atomic mass is 35.5. The molecule has 1 aromatic heterocycles. The number of fused-ring (bicyclic) bond motifs is 1. The average Bonchev–Trinajstić information content (AvgIpc) is 2.92. The summed E-state index contributed by atoms with van der Waals surface area (Å²) in [6.07, 6.45) is 0.632. The monoisotopic (exact) mass is 330 g/mol. The van der Waals surface area contributed by atoms with Crippen molar-refractivity contribution in [3.63, 3.8) is 0 Å². The Labute approximate surface area is 127 Å². The molecule has 4 nitrogen and oxygen atoms in total. The normalized spacial score (nSPS) is 22.7. The van der Waals surface area contributed by atoms with Crippen molar-refractivity contribution in [2.24, 2.45) is 5.92 Å². The van der Waals surface area contributed by atoms with Crippen LogP contribution < -0.4 is 0 Å². The number of sulfone groups is 1. The molecule has 0 spiro atoms. The Balaban J connectivity index is 2.04. The predicted molar refractivity (Wildman–Crippen MR) is 80.7 cm³/mol. The summed E-state index contributed by atoms with van der Waals surface area (Å²) >= 11 is 6.15. The Kier molecular flexibility index (Phi) is 3.69. The van der Waals surface area contributed by atoms with Crippen LogP contribution in [0.3, 0.4) is 0 Å². The lowest BCUT2D eigenvalue weighted by Crippen LogP contribution is -2.15. The van der Waals surface area contributed by atoms with E-state index in [0.29, 0.717) is 29.8 Å². The Hall–Kier alpha value is -1.14. The van der Waals surface area contributed by atoms with Crippen molar-refractivity contribution in [2.45, 2.75) is 25.3 Å². The molecule has 2 unspecified atom stereocenters. The van der Waals surface area contributed by atoms with E-state index in [4.69, 9.17) is 11.6 Å². The fraction of sp³-hybridized carbons (Fsp3) is 0.500. The smallest absolute Gasteiger partial charge is 0.151 e. The highest BCUT2D eigenvalue weighted by Gasteiger charge is 2.29. The van der Waals surface area contributed by atoms with Crippen LogP contribution in [0.5, 0.6) is 0 Å². The summed E-state index contributed by atoms with van der Waals surface area (Å²) in [7, 11) is -2.93. The number of hydrogen-bond acceptors (Lipinski definition) is 3. The number of hydrogen-bond donors (Lipinski definition) is 0. The van der Waals surface area contributed by atoms with Crippen LogP contribution in [0.15, 0.2) is 18.2 Å². The molecular weight excluding hydrogens is 315 g/mol. The number of rotatable bonds is 3. The zero-order valence-corrected chi connectivity index (χ0v) is 13.2. The van der Waals surface area contributed by atoms with Gasteiger partial charge in [0, 0.05) is 6.54 Å². The molecule has 2 heterocycles. The van der Waals surface area contributed by atoms with Gasteiger partial charge in [0.1, 0.15) is 11.3 Å². The number of nitrogens with zero attached hydrogens (tertiary/aromatic N) is 2. The molecule has 21 heavy (non-hydrogen) atoms. The first-order valence-electron chi connectivity index (χ1n) is 6.86. The van der Waals surface area contributed by atoms with Crippen LogP contribution in [-0.4, -0.2) is 29.5 Å². The minimum absolute atomic E-state index is 0.0323. The summed E-state index contributed by atoms with van der Waals surface area (Å²) < 4.78 is 38.9. The summed E-state index contributed by atoms with van der Waals surface area (Å²) in [5.41, 5.74) is 0.961. The zero-order valence-electron chi connectivity index (χ0n) is 11.6. The summed E-state index contributed by atoms with van der Waals surface area (Å²) in [6, 6.07) is 4.78. The topological polar surface area (TPSA) is 52.0 Å². The molecule has 2 aromatic rings. The van der Waals surface area contributed by atoms with E-state index in [1.807, 2.05) is 4.57 Å². The van der Waals surface area contributed by atoms with E-state index in [0.717, 1.165) is 0 Å². The van der Waals surface area contributed by atoms with E-state index in [9.17, 15) is 12.8 Å². The minimum Gasteiger partial charge on any atom is -0.326 e. The third-order valence-electron chi connectivity index (χ3n) is 3.88. The first kappa shape index (κ1) is 14.8. The van der Waals surface area contributed by atoms with E-state index >= 15 is 0 Å². The molecule has 1 aliphatic heterocycles. The molecule has 1 saturated heterocycles. The van der Waals surface area contributed by atoms with Crippen LogP contribution in [0.4, 0.5) is 4.39 Å². The van der Waals surface area contributed by atoms with Crippen LogP contribution in [0.2, 0.25) is 0 Å². The molecule has 114 valence electrons. The minimum atomic E-state index is -2.93. The van der Waals surface area contributed by atoms with Gasteiger partial charge in [-0.3, -0.25) is 0 Å². The quantitative estimate of drug-likeness (QED) is 0.813. The van der Waals surface area contributed by atoms with Gasteiger partial charge in [0.05, 0.1) is 22.4 Å². The molecule has 1 fully saturated rings. The molecule has 3 rings (SSSR count). The van der Waals surface area contributed by atoms with Crippen LogP contribution in [0.25, 0.3) is 11.0 Å². The Bertz CT molecular complexity index is 786. The number of aromatic nitrogens is 2. The van der Waals surface area contributed by atoms with Crippen LogP contribution in [0.1, 0.15) is 24.5 Å². The fourth-order valence-electron chi connectivity index (χ4n) is 2.90. The fourth-order valence-corrected chi connectivity index (χ4v) is 4.92. The van der Waals surface area contributed by atoms with Crippen LogP contribution in [-0.2, 0) is 16.4 Å². The molecule has 1 aliphatic rings. The van der Waals surface area contributed by atoms with Gasteiger partial charge < -0.3 is 4.57 Å². The first-order chi connectivity index (χ1) is 9.87. The second kappa shape index (κ2) is 5.25. The highest BCUT2D eigenvalue weighted by Crippen LogP contribution is 2.29. The number of benzene rings is 1. The number of halogens is 2. The lowest BCUT2D eigenvalue weighted by Gasteiger charge is -2.14. The lowest BCUT2D eigenvalue weighted by atomic mass is 10.1. The van der Waals surface area contributed by atoms with Crippen molar-refractivity contribution in [2.75, 3.05) is 11.5 Å². The molecule has 2 atom stereocenters. The third-order valence-corrected chi connectivity index (χ3v) is 5.91. The second-order valence-corrected chi connectivity index (χ2v) is 8.46. The van der Waals surface area contributed by atoms with Crippen molar-refractivity contribution < 1.29 is 12.8 Å². The molecule has 1 aromatic carbocycles. The van der Waals surface area contributed by atoms with Gasteiger partial charge >= 0.3 is 0 Å². The summed E-state index contributed by atoms with van der Waals surface area (Å²) in [6.45, 7) is 2.29. The van der Waals surface area contributed by atoms with Gasteiger partial charge in [-0.25, -0.2) is 17.8 Å². The van der Waals surface area contributed by atoms with Crippen LogP contribution in [0, 0.1) is 11.7 Å². The molecule has 7 heteroatoms. The SMILES string of the molecule is CC(Cl)c1nc2c(F)cccc2n1CC1CCS(=O)(=O)C1. The van der Waals surface area contributed by atoms with Gasteiger partial charge in [-0.15, -0.1) is 11.6 Å². The van der Waals surface area contributed by atoms with Gasteiger partial charge in [-0.1, -0.05) is 6.07 Å². The van der Waals surface area contributed by atoms with E-state index in [1.54, 1.807) is 19.1 Å². The Morgan fingerprint density at radius 1 is 1.52 bits per heavy atom. The summed E-state index contributed by atoms with van der Waals surface area (Å²) in [5, 5.41) is -0.366. The predicted octanol–water partition coefficient (Wildman–Crippen LogP) is 2.91. The van der Waals surface area contributed by atoms with Crippen molar-refractivity contribution >= 4 is 32.5 Å². The molecule has 0 aliphatic carbocycles. The first-order valence-corrected chi connectivity index (χ1v) is 9.12. The van der Waals surface area contributed by atoms with Crippen molar-refractivity contribution in [1.82, 2.24) is 9.55 Å². The number of imidazole rings is 1. The van der Waals surface area contributed by atoms with E-state index in [-0.39, 0.29) is 28.6 Å². The van der Waals surface area contributed by atoms with Gasteiger partial charge in [-0.05, 0) is 31.4 Å². The standard InChI is InChI=1S/C14H16ClFN2O2S/c1-9(15)14-17-13-11(16)3-2-4-12(13)18(14)7-10-5-6-21(19,20)8-10/h2-4,9-10H,5-8H2,1H3. The molecular formula is C14H16ClFN2O2S. The van der Waals surface area contributed by atoms with E-state index in [2.05, 4.69) is 4.98 Å². The highest BCUT2D eigenvalue weighted by molar-refractivity contribution is 7.91. The van der Waals surface area contributed by atoms with Crippen molar-refractivity contribution in [3.05, 3.63) is 29.8 Å². The Morgan fingerprint density at radius 2 is 2.29 bits per heavy atom. The van der Waals surface area contributed by atoms with Crippen LogP contribution >= 0.6 is 11.6 Å². The summed E-state index contributed by atoms with van der Waals surface area (Å²) in [4.78, 5) is 4.30. The van der Waals surface area contributed by atoms with Crippen molar-refractivity contribution in [1.29, 1.82) is 0 Å². The maximum atomic E-state index is 13.9. The van der Waals surface area contributed by atoms with Gasteiger partial charge in [-0.2, -0.15) is 0 Å². The van der Waals surface area contributed by atoms with Gasteiger partial charge in [0.2, 0.25) is 0 Å². The molecule has 0 radical (unpaired) electrons. The number of alkyl halides is 1. The van der Waals surface area contributed by atoms with E-state index in [1.165, 1.54) is 6.07 Å². The zero-order chi connectivity index (χ0) is 15.2. The van der Waals surface area contributed by atoms with E-state index < -0.39 is 9.84 Å². The molecule has 0 N–H and O–H groups in total. The number of para-hydroxylation sites is 1. The van der Waals surface area contributed by atoms with Crippen molar-refractivity contribution in [3.8, 4) is 0 Å². The second-order valence-electron chi connectivity index (χ2n) is 5.57. The lowest BCUT2D eigenvalue weighted by molar-refractivity contribution is 0.486. The van der Waals surface area contributed by atoms with Gasteiger partial charge in [0.25, 0.3) is 0 Å². The average molecular weight is 331 g/mol.